The summed E-state index contributed by atoms with van der Waals surface area (Å²) in [4.78, 5) is 28.9. The second-order valence-electron chi connectivity index (χ2n) is 9.76. The van der Waals surface area contributed by atoms with Crippen molar-refractivity contribution in [2.75, 3.05) is 17.5 Å². The van der Waals surface area contributed by atoms with Crippen LogP contribution in [-0.2, 0) is 26.2 Å². The Kier molecular flexibility index (Phi) is 12.1. The van der Waals surface area contributed by atoms with E-state index >= 15 is 0 Å². The number of amides is 2. The Hall–Kier alpha value is -3.27. The van der Waals surface area contributed by atoms with Crippen LogP contribution in [0.3, 0.4) is 0 Å². The normalized spacial score (nSPS) is 12.7. The molecule has 0 saturated heterocycles. The third kappa shape index (κ3) is 8.40. The number of ether oxygens (including phenoxy) is 1. The lowest BCUT2D eigenvalue weighted by Gasteiger charge is -2.33. The number of nitrogens with zero attached hydrogens (tertiary/aromatic N) is 2. The molecule has 0 fully saturated rings. The van der Waals surface area contributed by atoms with Crippen LogP contribution < -0.4 is 14.4 Å². The van der Waals surface area contributed by atoms with Crippen LogP contribution in [0.1, 0.15) is 46.1 Å². The molecule has 0 aromatic heterocycles. The van der Waals surface area contributed by atoms with Crippen molar-refractivity contribution in [3.63, 3.8) is 0 Å². The smallest absolute Gasteiger partial charge is 0.264 e. The quantitative estimate of drug-likeness (QED) is 0.224. The Balaban J connectivity index is 2.04. The van der Waals surface area contributed by atoms with Gasteiger partial charge in [0.05, 0.1) is 27.2 Å². The zero-order valence-corrected chi connectivity index (χ0v) is 26.5. The molecule has 8 nitrogen and oxygen atoms in total. The van der Waals surface area contributed by atoms with E-state index in [-0.39, 0.29) is 23.4 Å². The van der Waals surface area contributed by atoms with Crippen LogP contribution in [0, 0.1) is 0 Å². The first-order chi connectivity index (χ1) is 20.0. The number of hydrogen-bond donors (Lipinski definition) is 1. The second-order valence-corrected chi connectivity index (χ2v) is 12.4. The van der Waals surface area contributed by atoms with Crippen LogP contribution in [-0.4, -0.2) is 50.4 Å². The summed E-state index contributed by atoms with van der Waals surface area (Å²) in [7, 11) is -4.18. The molecule has 42 heavy (non-hydrogen) atoms. The molecule has 11 heteroatoms. The highest BCUT2D eigenvalue weighted by molar-refractivity contribution is 7.92. The molecule has 3 aromatic rings. The summed E-state index contributed by atoms with van der Waals surface area (Å²) >= 11 is 12.4. The average Bonchev–Trinajstić information content (AvgIpc) is 2.98. The molecule has 0 unspecified atom stereocenters. The molecule has 0 saturated carbocycles. The monoisotopic (exact) mass is 633 g/mol. The van der Waals surface area contributed by atoms with Gasteiger partial charge in [-0.25, -0.2) is 8.42 Å². The molecule has 0 aliphatic rings. The molecule has 0 radical (unpaired) electrons. The Labute approximate surface area is 258 Å². The van der Waals surface area contributed by atoms with Crippen molar-refractivity contribution in [3.05, 3.63) is 88.4 Å². The first-order valence-corrected chi connectivity index (χ1v) is 16.1. The SMILES string of the molecule is CCOc1ccc(S(=O)(=O)N(CC(=O)N(Cc2ccc(Cl)c(Cl)c2)[C@@H](CC)C(=O)N[C@H](C)CC)c2ccccc2)cc1. The van der Waals surface area contributed by atoms with Gasteiger partial charge in [-0.1, -0.05) is 61.3 Å². The number of carbonyl (C=O) groups is 2. The summed E-state index contributed by atoms with van der Waals surface area (Å²) in [5.74, 6) is -0.337. The lowest BCUT2D eigenvalue weighted by Crippen LogP contribution is -2.53. The third-order valence-corrected chi connectivity index (χ3v) is 9.30. The van der Waals surface area contributed by atoms with Gasteiger partial charge in [0.15, 0.2) is 0 Å². The summed E-state index contributed by atoms with van der Waals surface area (Å²) in [5, 5.41) is 3.62. The van der Waals surface area contributed by atoms with Crippen molar-refractivity contribution in [2.45, 2.75) is 64.1 Å². The van der Waals surface area contributed by atoms with Crippen molar-refractivity contribution in [2.24, 2.45) is 0 Å². The van der Waals surface area contributed by atoms with E-state index in [1.807, 2.05) is 27.7 Å². The molecule has 0 aliphatic heterocycles. The van der Waals surface area contributed by atoms with E-state index in [1.165, 1.54) is 17.0 Å². The maximum Gasteiger partial charge on any atom is 0.264 e. The van der Waals surface area contributed by atoms with Gasteiger partial charge in [-0.2, -0.15) is 0 Å². The van der Waals surface area contributed by atoms with Gasteiger partial charge in [-0.3, -0.25) is 13.9 Å². The largest absolute Gasteiger partial charge is 0.494 e. The second kappa shape index (κ2) is 15.3. The van der Waals surface area contributed by atoms with Crippen molar-refractivity contribution >= 4 is 50.7 Å². The fraction of sp³-hybridized carbons (Fsp3) is 0.355. The predicted molar refractivity (Wildman–Crippen MR) is 168 cm³/mol. The number of anilines is 1. The van der Waals surface area contributed by atoms with E-state index in [1.54, 1.807) is 60.7 Å². The van der Waals surface area contributed by atoms with Crippen molar-refractivity contribution in [3.8, 4) is 5.75 Å². The highest BCUT2D eigenvalue weighted by atomic mass is 35.5. The molecule has 3 rings (SSSR count). The Morgan fingerprint density at radius 2 is 1.57 bits per heavy atom. The lowest BCUT2D eigenvalue weighted by atomic mass is 10.1. The number of sulfonamides is 1. The fourth-order valence-electron chi connectivity index (χ4n) is 4.32. The van der Waals surface area contributed by atoms with Gasteiger partial charge in [-0.05, 0) is 80.8 Å². The van der Waals surface area contributed by atoms with Crippen molar-refractivity contribution in [1.29, 1.82) is 0 Å². The molecule has 0 aliphatic carbocycles. The zero-order chi connectivity index (χ0) is 30.9. The number of halogens is 2. The highest BCUT2D eigenvalue weighted by Crippen LogP contribution is 2.27. The molecule has 2 amide bonds. The van der Waals surface area contributed by atoms with Crippen LogP contribution in [0.2, 0.25) is 10.0 Å². The number of benzene rings is 3. The van der Waals surface area contributed by atoms with Gasteiger partial charge in [0.25, 0.3) is 10.0 Å². The molecule has 226 valence electrons. The summed E-state index contributed by atoms with van der Waals surface area (Å²) in [5.41, 5.74) is 0.958. The molecule has 2 atom stereocenters. The number of hydrogen-bond acceptors (Lipinski definition) is 5. The number of rotatable bonds is 14. The van der Waals surface area contributed by atoms with Crippen LogP contribution in [0.4, 0.5) is 5.69 Å². The average molecular weight is 635 g/mol. The van der Waals surface area contributed by atoms with Gasteiger partial charge in [0.1, 0.15) is 18.3 Å². The van der Waals surface area contributed by atoms with E-state index in [4.69, 9.17) is 27.9 Å². The minimum absolute atomic E-state index is 0.000180. The first-order valence-electron chi connectivity index (χ1n) is 13.9. The molecule has 0 spiro atoms. The first kappa shape index (κ1) is 33.2. The lowest BCUT2D eigenvalue weighted by molar-refractivity contribution is -0.140. The summed E-state index contributed by atoms with van der Waals surface area (Å²) in [6.07, 6.45) is 1.03. The van der Waals surface area contributed by atoms with E-state index in [2.05, 4.69) is 5.32 Å². The molecular formula is C31H37Cl2N3O5S. The van der Waals surface area contributed by atoms with Crippen LogP contribution >= 0.6 is 23.2 Å². The number of nitrogens with one attached hydrogen (secondary N) is 1. The van der Waals surface area contributed by atoms with Crippen LogP contribution in [0.5, 0.6) is 5.75 Å². The van der Waals surface area contributed by atoms with Crippen molar-refractivity contribution in [1.82, 2.24) is 10.2 Å². The van der Waals surface area contributed by atoms with E-state index < -0.39 is 28.5 Å². The molecule has 1 N–H and O–H groups in total. The summed E-state index contributed by atoms with van der Waals surface area (Å²) in [6.45, 7) is 7.41. The topological polar surface area (TPSA) is 96.0 Å². The standard InChI is InChI=1S/C31H37Cl2N3O5S/c1-5-22(4)34-31(38)29(6-2)35(20-23-13-18-27(32)28(33)19-23)30(37)21-36(24-11-9-8-10-12-24)42(39,40)26-16-14-25(15-17-26)41-7-3/h8-19,22,29H,5-7,20-21H2,1-4H3,(H,34,38)/t22-,29+/m1/s1. The highest BCUT2D eigenvalue weighted by Gasteiger charge is 2.34. The molecular weight excluding hydrogens is 597 g/mol. The molecule has 3 aromatic carbocycles. The minimum Gasteiger partial charge on any atom is -0.494 e. The van der Waals surface area contributed by atoms with E-state index in [0.29, 0.717) is 46.5 Å². The van der Waals surface area contributed by atoms with Gasteiger partial charge in [-0.15, -0.1) is 0 Å². The molecule has 0 heterocycles. The van der Waals surface area contributed by atoms with Crippen molar-refractivity contribution < 1.29 is 22.7 Å². The predicted octanol–water partition coefficient (Wildman–Crippen LogP) is 6.31. The number of para-hydroxylation sites is 1. The Morgan fingerprint density at radius 1 is 0.905 bits per heavy atom. The van der Waals surface area contributed by atoms with Gasteiger partial charge < -0.3 is 15.0 Å². The number of carbonyl (C=O) groups excluding carboxylic acids is 2. The summed E-state index contributed by atoms with van der Waals surface area (Å²) < 4.78 is 34.4. The van der Waals surface area contributed by atoms with Gasteiger partial charge in [0, 0.05) is 12.6 Å². The zero-order valence-electron chi connectivity index (χ0n) is 24.2. The maximum absolute atomic E-state index is 14.1. The maximum atomic E-state index is 14.1. The van der Waals surface area contributed by atoms with E-state index in [0.717, 1.165) is 4.31 Å². The Morgan fingerprint density at radius 3 is 2.14 bits per heavy atom. The fourth-order valence-corrected chi connectivity index (χ4v) is 6.05. The van der Waals surface area contributed by atoms with E-state index in [9.17, 15) is 18.0 Å². The Bertz CT molecular complexity index is 1450. The van der Waals surface area contributed by atoms with Crippen LogP contribution in [0.15, 0.2) is 77.7 Å². The minimum atomic E-state index is -4.18. The van der Waals surface area contributed by atoms with Crippen LogP contribution in [0.25, 0.3) is 0 Å². The van der Waals surface area contributed by atoms with Gasteiger partial charge in [0.2, 0.25) is 11.8 Å². The summed E-state index contributed by atoms with van der Waals surface area (Å²) in [6, 6.07) is 18.5. The van der Waals surface area contributed by atoms with Gasteiger partial charge >= 0.3 is 0 Å². The third-order valence-electron chi connectivity index (χ3n) is 6.77. The molecule has 0 bridgehead atoms.